The molecule has 0 saturated heterocycles. The average Bonchev–Trinajstić information content (AvgIpc) is 3.15. The first-order valence-corrected chi connectivity index (χ1v) is 14.0. The van der Waals surface area contributed by atoms with E-state index in [4.69, 9.17) is 5.73 Å². The van der Waals surface area contributed by atoms with Crippen LogP contribution in [0.5, 0.6) is 0 Å². The molecule has 2 unspecified atom stereocenters. The largest absolute Gasteiger partial charge is 0.394 e. The van der Waals surface area contributed by atoms with Crippen LogP contribution in [0.4, 0.5) is 4.39 Å². The molecule has 0 bridgehead atoms. The van der Waals surface area contributed by atoms with E-state index in [0.29, 0.717) is 0 Å². The van der Waals surface area contributed by atoms with Gasteiger partial charge < -0.3 is 11.1 Å². The summed E-state index contributed by atoms with van der Waals surface area (Å²) in [6.07, 6.45) is 21.7. The lowest BCUT2D eigenvalue weighted by Crippen LogP contribution is -2.51. The first kappa shape index (κ1) is 30.6. The van der Waals surface area contributed by atoms with Gasteiger partial charge in [0.1, 0.15) is 5.82 Å². The molecule has 3 heteroatoms. The molecule has 202 valence electrons. The lowest BCUT2D eigenvalue weighted by atomic mass is 9.63. The molecule has 3 aliphatic rings. The van der Waals surface area contributed by atoms with E-state index in [0.717, 1.165) is 56.9 Å². The normalized spacial score (nSPS) is 23.9. The summed E-state index contributed by atoms with van der Waals surface area (Å²) in [6.45, 7) is 14.1. The van der Waals surface area contributed by atoms with Gasteiger partial charge >= 0.3 is 0 Å². The first-order valence-electron chi connectivity index (χ1n) is 14.0. The van der Waals surface area contributed by atoms with Crippen LogP contribution in [0.1, 0.15) is 85.1 Å². The molecule has 3 N–H and O–H groups in total. The third-order valence-corrected chi connectivity index (χ3v) is 7.86. The highest BCUT2D eigenvalue weighted by atomic mass is 19.1. The van der Waals surface area contributed by atoms with Gasteiger partial charge in [-0.05, 0) is 100 Å². The summed E-state index contributed by atoms with van der Waals surface area (Å²) in [4.78, 5) is 0. The molecule has 37 heavy (non-hydrogen) atoms. The fourth-order valence-corrected chi connectivity index (χ4v) is 5.65. The molecule has 4 rings (SSSR count). The molecule has 0 radical (unpaired) electrons. The second-order valence-electron chi connectivity index (χ2n) is 10.7. The fraction of sp³-hybridized carbons (Fsp3) is 0.471. The van der Waals surface area contributed by atoms with Crippen LogP contribution < -0.4 is 11.1 Å². The maximum atomic E-state index is 13.4. The molecule has 0 amide bonds. The van der Waals surface area contributed by atoms with Crippen molar-refractivity contribution in [3.63, 3.8) is 0 Å². The van der Waals surface area contributed by atoms with Gasteiger partial charge in [0, 0.05) is 18.0 Å². The summed E-state index contributed by atoms with van der Waals surface area (Å²) >= 11 is 0. The molecule has 1 aromatic rings. The molecule has 1 saturated carbocycles. The van der Waals surface area contributed by atoms with E-state index in [9.17, 15) is 4.39 Å². The molecule has 0 spiro atoms. The highest BCUT2D eigenvalue weighted by Crippen LogP contribution is 2.57. The van der Waals surface area contributed by atoms with Gasteiger partial charge in [-0.15, -0.1) is 0 Å². The van der Waals surface area contributed by atoms with Gasteiger partial charge in [0.15, 0.2) is 0 Å². The molecule has 2 nitrogen and oxygen atoms in total. The Morgan fingerprint density at radius 3 is 2.41 bits per heavy atom. The van der Waals surface area contributed by atoms with Gasteiger partial charge in [-0.3, -0.25) is 0 Å². The Balaban J connectivity index is 0.000000733. The van der Waals surface area contributed by atoms with Crippen molar-refractivity contribution in [1.29, 1.82) is 0 Å². The van der Waals surface area contributed by atoms with Gasteiger partial charge in [-0.2, -0.15) is 0 Å². The SMILES string of the molecule is C=CNC.CC.CC(C)=CC1=C(Cc2ccc(F)cc2)C=C2CCC(N)(CCC3=CCCC=C3)C2(C)C1. The zero-order valence-corrected chi connectivity index (χ0v) is 24.1. The van der Waals surface area contributed by atoms with E-state index in [1.165, 1.54) is 27.9 Å². The molecular weight excluding hydrogens is 455 g/mol. The van der Waals surface area contributed by atoms with Gasteiger partial charge in [0.2, 0.25) is 0 Å². The van der Waals surface area contributed by atoms with Crippen LogP contribution in [0.3, 0.4) is 0 Å². The van der Waals surface area contributed by atoms with Crippen LogP contribution in [0, 0.1) is 11.2 Å². The van der Waals surface area contributed by atoms with Crippen LogP contribution in [0.25, 0.3) is 0 Å². The van der Waals surface area contributed by atoms with E-state index in [1.807, 2.05) is 33.0 Å². The monoisotopic (exact) mass is 504 g/mol. The van der Waals surface area contributed by atoms with E-state index >= 15 is 0 Å². The van der Waals surface area contributed by atoms with E-state index < -0.39 is 0 Å². The molecular formula is C34H49FN2. The van der Waals surface area contributed by atoms with E-state index in [1.54, 1.807) is 18.3 Å². The summed E-state index contributed by atoms with van der Waals surface area (Å²) in [5.74, 6) is -0.177. The Kier molecular flexibility index (Phi) is 11.8. The number of rotatable bonds is 7. The van der Waals surface area contributed by atoms with Gasteiger partial charge in [0.25, 0.3) is 0 Å². The minimum atomic E-state index is -0.177. The number of allylic oxidation sites excluding steroid dienone is 9. The number of fused-ring (bicyclic) bond motifs is 1. The Morgan fingerprint density at radius 1 is 1.16 bits per heavy atom. The third-order valence-electron chi connectivity index (χ3n) is 7.86. The molecule has 0 aromatic heterocycles. The smallest absolute Gasteiger partial charge is 0.123 e. The quantitative estimate of drug-likeness (QED) is 0.389. The zero-order chi connectivity index (χ0) is 27.5. The minimum absolute atomic E-state index is 0.000476. The highest BCUT2D eigenvalue weighted by molar-refractivity contribution is 5.49. The van der Waals surface area contributed by atoms with Crippen LogP contribution >= 0.6 is 0 Å². The minimum Gasteiger partial charge on any atom is -0.394 e. The maximum absolute atomic E-state index is 13.4. The number of nitrogens with one attached hydrogen (secondary N) is 1. The fourth-order valence-electron chi connectivity index (χ4n) is 5.65. The predicted molar refractivity (Wildman–Crippen MR) is 160 cm³/mol. The summed E-state index contributed by atoms with van der Waals surface area (Å²) < 4.78 is 13.4. The summed E-state index contributed by atoms with van der Waals surface area (Å²) in [5, 5.41) is 2.69. The molecule has 0 aliphatic heterocycles. The lowest BCUT2D eigenvalue weighted by molar-refractivity contribution is 0.202. The number of benzene rings is 1. The maximum Gasteiger partial charge on any atom is 0.123 e. The van der Waals surface area contributed by atoms with Crippen molar-refractivity contribution < 1.29 is 4.39 Å². The Morgan fingerprint density at radius 2 is 1.84 bits per heavy atom. The number of hydrogen-bond donors (Lipinski definition) is 2. The van der Waals surface area contributed by atoms with Crippen LogP contribution in [0.2, 0.25) is 0 Å². The van der Waals surface area contributed by atoms with Gasteiger partial charge in [-0.1, -0.05) is 86.6 Å². The second-order valence-corrected chi connectivity index (χ2v) is 10.7. The Bertz CT molecular complexity index is 1050. The molecule has 0 heterocycles. The zero-order valence-electron chi connectivity index (χ0n) is 24.1. The standard InChI is InChI=1S/C29H36FN.C3H7N.C2H6/c1-21(2)17-25-20-28(3)26(19-24(25)18-23-9-11-27(30)12-10-23)14-16-29(28,31)15-13-22-7-5-4-6-8-22;1-3-4-2;1-2/h5,7-12,17,19H,4,6,13-16,18,20,31H2,1-3H3;3-4H,1H2,2H3;1-2H3. The molecule has 1 aromatic carbocycles. The van der Waals surface area contributed by atoms with Crippen LogP contribution in [-0.4, -0.2) is 12.6 Å². The summed E-state index contributed by atoms with van der Waals surface area (Å²) in [6, 6.07) is 6.93. The van der Waals surface area contributed by atoms with Crippen molar-refractivity contribution in [1.82, 2.24) is 5.32 Å². The average molecular weight is 505 g/mol. The van der Waals surface area contributed by atoms with Crippen LogP contribution in [0.15, 0.2) is 95.3 Å². The second kappa shape index (κ2) is 14.3. The van der Waals surface area contributed by atoms with Crippen molar-refractivity contribution in [2.24, 2.45) is 11.1 Å². The number of nitrogens with two attached hydrogens (primary N) is 1. The topological polar surface area (TPSA) is 38.0 Å². The van der Waals surface area contributed by atoms with Crippen molar-refractivity contribution in [2.45, 2.75) is 91.5 Å². The predicted octanol–water partition coefficient (Wildman–Crippen LogP) is 8.89. The molecule has 2 atom stereocenters. The number of hydrogen-bond acceptors (Lipinski definition) is 2. The van der Waals surface area contributed by atoms with Crippen molar-refractivity contribution in [3.8, 4) is 0 Å². The van der Waals surface area contributed by atoms with Gasteiger partial charge in [0.05, 0.1) is 0 Å². The summed E-state index contributed by atoms with van der Waals surface area (Å²) in [7, 11) is 1.81. The van der Waals surface area contributed by atoms with Crippen LogP contribution in [-0.2, 0) is 6.42 Å². The Hall–Kier alpha value is -2.65. The van der Waals surface area contributed by atoms with E-state index in [2.05, 4.69) is 63.0 Å². The van der Waals surface area contributed by atoms with Crippen molar-refractivity contribution in [2.75, 3.05) is 7.05 Å². The van der Waals surface area contributed by atoms with Gasteiger partial charge in [-0.25, -0.2) is 4.39 Å². The summed E-state index contributed by atoms with van der Waals surface area (Å²) in [5.41, 5.74) is 15.2. The van der Waals surface area contributed by atoms with Crippen molar-refractivity contribution >= 4 is 0 Å². The lowest BCUT2D eigenvalue weighted by Gasteiger charge is -2.45. The molecule has 3 aliphatic carbocycles. The number of halogens is 1. The molecule has 1 fully saturated rings. The van der Waals surface area contributed by atoms with E-state index in [-0.39, 0.29) is 16.8 Å². The highest BCUT2D eigenvalue weighted by Gasteiger charge is 2.53. The first-order chi connectivity index (χ1) is 17.7. The van der Waals surface area contributed by atoms with Crippen molar-refractivity contribution in [3.05, 3.63) is 107 Å². The third kappa shape index (κ3) is 7.92. The Labute approximate surface area is 226 Å².